The molecule has 134 valence electrons. The summed E-state index contributed by atoms with van der Waals surface area (Å²) >= 11 is 0. The van der Waals surface area contributed by atoms with Crippen molar-refractivity contribution < 1.29 is 22.0 Å². The van der Waals surface area contributed by atoms with E-state index in [1.165, 1.54) is 6.07 Å². The van der Waals surface area contributed by atoms with Crippen molar-refractivity contribution in [2.75, 3.05) is 22.4 Å². The van der Waals surface area contributed by atoms with E-state index in [-0.39, 0.29) is 5.69 Å². The Hall–Kier alpha value is -2.48. The summed E-state index contributed by atoms with van der Waals surface area (Å²) in [5, 5.41) is 2.37. The van der Waals surface area contributed by atoms with E-state index in [2.05, 4.69) is 5.32 Å². The Balaban J connectivity index is 2.25. The molecule has 25 heavy (non-hydrogen) atoms. The van der Waals surface area contributed by atoms with Crippen LogP contribution < -0.4 is 9.62 Å². The molecule has 0 aliphatic carbocycles. The average Bonchev–Trinajstić information content (AvgIpc) is 2.55. The smallest absolute Gasteiger partial charge is 0.245 e. The van der Waals surface area contributed by atoms with E-state index < -0.39 is 34.1 Å². The third kappa shape index (κ3) is 4.76. The van der Waals surface area contributed by atoms with Gasteiger partial charge in [-0.25, -0.2) is 17.2 Å². The first kappa shape index (κ1) is 18.9. The monoisotopic (exact) mass is 368 g/mol. The summed E-state index contributed by atoms with van der Waals surface area (Å²) in [7, 11) is -3.71. The van der Waals surface area contributed by atoms with Crippen molar-refractivity contribution in [3.8, 4) is 0 Å². The Labute approximate surface area is 145 Å². The number of sulfonamides is 1. The number of hydrogen-bond donors (Lipinski definition) is 1. The van der Waals surface area contributed by atoms with Gasteiger partial charge in [-0.15, -0.1) is 0 Å². The zero-order chi connectivity index (χ0) is 18.6. The molecule has 0 heterocycles. The molecular weight excluding hydrogens is 350 g/mol. The minimum absolute atomic E-state index is 0.0427. The molecule has 8 heteroatoms. The van der Waals surface area contributed by atoms with Gasteiger partial charge in [0.05, 0.1) is 11.9 Å². The molecule has 0 aliphatic heterocycles. The molecule has 0 aliphatic rings. The topological polar surface area (TPSA) is 66.5 Å². The zero-order valence-corrected chi connectivity index (χ0v) is 14.6. The second-order valence-electron chi connectivity index (χ2n) is 5.43. The molecule has 2 aromatic carbocycles. The van der Waals surface area contributed by atoms with Gasteiger partial charge in [-0.3, -0.25) is 9.10 Å². The molecule has 0 unspecified atom stereocenters. The highest BCUT2D eigenvalue weighted by Crippen LogP contribution is 2.23. The van der Waals surface area contributed by atoms with Gasteiger partial charge in [0.15, 0.2) is 11.6 Å². The first-order valence-corrected chi connectivity index (χ1v) is 9.37. The Morgan fingerprint density at radius 2 is 1.80 bits per heavy atom. The van der Waals surface area contributed by atoms with Crippen molar-refractivity contribution in [2.24, 2.45) is 0 Å². The summed E-state index contributed by atoms with van der Waals surface area (Å²) in [5.41, 5.74) is 1.22. The maximum Gasteiger partial charge on any atom is 0.245 e. The molecule has 1 amide bonds. The molecule has 1 N–H and O–H groups in total. The number of para-hydroxylation sites is 1. The highest BCUT2D eigenvalue weighted by molar-refractivity contribution is 7.92. The van der Waals surface area contributed by atoms with Crippen LogP contribution in [0.1, 0.15) is 12.5 Å². The normalized spacial score (nSPS) is 11.2. The van der Waals surface area contributed by atoms with Crippen molar-refractivity contribution in [1.82, 2.24) is 0 Å². The lowest BCUT2D eigenvalue weighted by molar-refractivity contribution is -0.114. The molecule has 0 spiro atoms. The summed E-state index contributed by atoms with van der Waals surface area (Å²) < 4.78 is 51.4. The van der Waals surface area contributed by atoms with E-state index in [1.54, 1.807) is 24.3 Å². The standard InChI is InChI=1S/C17H18F2N2O3S/c1-3-12-6-4-5-7-16(12)21(25(2,23)24)11-17(22)20-13-8-9-14(18)15(19)10-13/h4-10H,3,11H2,1-2H3,(H,20,22). The number of rotatable bonds is 6. The van der Waals surface area contributed by atoms with Crippen LogP contribution in [0.3, 0.4) is 0 Å². The van der Waals surface area contributed by atoms with E-state index in [9.17, 15) is 22.0 Å². The van der Waals surface area contributed by atoms with Gasteiger partial charge in [0.2, 0.25) is 15.9 Å². The summed E-state index contributed by atoms with van der Waals surface area (Å²) in [4.78, 5) is 12.2. The largest absolute Gasteiger partial charge is 0.324 e. The maximum absolute atomic E-state index is 13.2. The van der Waals surface area contributed by atoms with Gasteiger partial charge >= 0.3 is 0 Å². The summed E-state index contributed by atoms with van der Waals surface area (Å²) in [5.74, 6) is -2.80. The van der Waals surface area contributed by atoms with Crippen LogP contribution in [-0.2, 0) is 21.2 Å². The lowest BCUT2D eigenvalue weighted by Crippen LogP contribution is -2.38. The molecule has 5 nitrogen and oxygen atoms in total. The Bertz CT molecular complexity index is 885. The summed E-state index contributed by atoms with van der Waals surface area (Å²) in [6.07, 6.45) is 1.59. The quantitative estimate of drug-likeness (QED) is 0.853. The van der Waals surface area contributed by atoms with Crippen LogP contribution in [0.5, 0.6) is 0 Å². The third-order valence-corrected chi connectivity index (χ3v) is 4.66. The number of halogens is 2. The van der Waals surface area contributed by atoms with Gasteiger partial charge in [-0.05, 0) is 30.2 Å². The first-order valence-electron chi connectivity index (χ1n) is 7.53. The second-order valence-corrected chi connectivity index (χ2v) is 7.34. The van der Waals surface area contributed by atoms with Crippen molar-refractivity contribution >= 4 is 27.3 Å². The number of carbonyl (C=O) groups is 1. The Kier molecular flexibility index (Phi) is 5.73. The second kappa shape index (κ2) is 7.60. The molecule has 2 rings (SSSR count). The highest BCUT2D eigenvalue weighted by Gasteiger charge is 2.22. The van der Waals surface area contributed by atoms with Crippen LogP contribution in [-0.4, -0.2) is 27.1 Å². The number of amides is 1. The van der Waals surface area contributed by atoms with Gasteiger partial charge in [0.1, 0.15) is 6.54 Å². The SMILES string of the molecule is CCc1ccccc1N(CC(=O)Nc1ccc(F)c(F)c1)S(C)(=O)=O. The molecule has 0 fully saturated rings. The predicted octanol–water partition coefficient (Wildman–Crippen LogP) is 2.93. The fourth-order valence-corrected chi connectivity index (χ4v) is 3.23. The van der Waals surface area contributed by atoms with E-state index >= 15 is 0 Å². The lowest BCUT2D eigenvalue weighted by Gasteiger charge is -2.24. The molecule has 0 saturated carbocycles. The number of aryl methyl sites for hydroxylation is 1. The van der Waals surface area contributed by atoms with Crippen molar-refractivity contribution in [1.29, 1.82) is 0 Å². The van der Waals surface area contributed by atoms with E-state index in [4.69, 9.17) is 0 Å². The van der Waals surface area contributed by atoms with E-state index in [0.717, 1.165) is 28.3 Å². The number of anilines is 2. The maximum atomic E-state index is 13.2. The number of nitrogens with zero attached hydrogens (tertiary/aromatic N) is 1. The van der Waals surface area contributed by atoms with E-state index in [1.807, 2.05) is 6.92 Å². The first-order chi connectivity index (χ1) is 11.7. The zero-order valence-electron chi connectivity index (χ0n) is 13.8. The number of carbonyl (C=O) groups excluding carboxylic acids is 1. The summed E-state index contributed by atoms with van der Waals surface area (Å²) in [6, 6.07) is 9.76. The molecule has 0 radical (unpaired) electrons. The van der Waals surface area contributed by atoms with Crippen molar-refractivity contribution in [2.45, 2.75) is 13.3 Å². The van der Waals surface area contributed by atoms with E-state index in [0.29, 0.717) is 12.1 Å². The fourth-order valence-electron chi connectivity index (χ4n) is 2.34. The molecule has 0 aromatic heterocycles. The number of hydrogen-bond acceptors (Lipinski definition) is 3. The summed E-state index contributed by atoms with van der Waals surface area (Å²) in [6.45, 7) is 1.40. The minimum atomic E-state index is -3.71. The van der Waals surface area contributed by atoms with Gasteiger partial charge < -0.3 is 5.32 Å². The van der Waals surface area contributed by atoms with Crippen LogP contribution >= 0.6 is 0 Å². The number of benzene rings is 2. The van der Waals surface area contributed by atoms with Crippen molar-refractivity contribution in [3.05, 3.63) is 59.7 Å². The number of nitrogens with one attached hydrogen (secondary N) is 1. The van der Waals surface area contributed by atoms with Crippen LogP contribution in [0.15, 0.2) is 42.5 Å². The molecular formula is C17H18F2N2O3S. The van der Waals surface area contributed by atoms with Crippen molar-refractivity contribution in [3.63, 3.8) is 0 Å². The van der Waals surface area contributed by atoms with Gasteiger partial charge in [0, 0.05) is 11.8 Å². The van der Waals surface area contributed by atoms with Gasteiger partial charge in [-0.2, -0.15) is 0 Å². The van der Waals surface area contributed by atoms with Crippen LogP contribution in [0.2, 0.25) is 0 Å². The molecule has 0 atom stereocenters. The van der Waals surface area contributed by atoms with Crippen LogP contribution in [0.25, 0.3) is 0 Å². The minimum Gasteiger partial charge on any atom is -0.324 e. The molecule has 0 bridgehead atoms. The third-order valence-electron chi connectivity index (χ3n) is 3.53. The van der Waals surface area contributed by atoms with Gasteiger partial charge in [0.25, 0.3) is 0 Å². The molecule has 2 aromatic rings. The predicted molar refractivity (Wildman–Crippen MR) is 93.0 cm³/mol. The lowest BCUT2D eigenvalue weighted by atomic mass is 10.1. The van der Waals surface area contributed by atoms with Crippen LogP contribution in [0.4, 0.5) is 20.2 Å². The Morgan fingerprint density at radius 1 is 1.12 bits per heavy atom. The fraction of sp³-hybridized carbons (Fsp3) is 0.235. The van der Waals surface area contributed by atoms with Crippen LogP contribution in [0, 0.1) is 11.6 Å². The highest BCUT2D eigenvalue weighted by atomic mass is 32.2. The average molecular weight is 368 g/mol. The Morgan fingerprint density at radius 3 is 2.40 bits per heavy atom. The van der Waals surface area contributed by atoms with Gasteiger partial charge in [-0.1, -0.05) is 25.1 Å². The molecule has 0 saturated heterocycles.